The summed E-state index contributed by atoms with van der Waals surface area (Å²) in [4.78, 5) is 13.0. The number of nitrogens with zero attached hydrogens (tertiary/aromatic N) is 2. The van der Waals surface area contributed by atoms with Crippen molar-refractivity contribution in [1.29, 1.82) is 5.26 Å². The molecule has 0 aliphatic rings. The predicted molar refractivity (Wildman–Crippen MR) is 58.2 cm³/mol. The Morgan fingerprint density at radius 1 is 1.60 bits per heavy atom. The zero-order valence-corrected chi connectivity index (χ0v) is 9.82. The molecule has 0 heterocycles. The van der Waals surface area contributed by atoms with Gasteiger partial charge in [0.25, 0.3) is 0 Å². The van der Waals surface area contributed by atoms with E-state index < -0.39 is 0 Å². The second-order valence-electron chi connectivity index (χ2n) is 3.56. The molecular weight excluding hydrogens is 192 g/mol. The zero-order chi connectivity index (χ0) is 11.7. The number of amides is 1. The first-order valence-corrected chi connectivity index (χ1v) is 5.34. The van der Waals surface area contributed by atoms with Crippen LogP contribution in [-0.2, 0) is 9.53 Å². The third kappa shape index (κ3) is 6.92. The van der Waals surface area contributed by atoms with Crippen LogP contribution in [0.15, 0.2) is 0 Å². The van der Waals surface area contributed by atoms with Gasteiger partial charge in [-0.25, -0.2) is 0 Å². The van der Waals surface area contributed by atoms with Gasteiger partial charge in [0.05, 0.1) is 31.6 Å². The molecule has 0 radical (unpaired) electrons. The Morgan fingerprint density at radius 2 is 2.27 bits per heavy atom. The predicted octanol–water partition coefficient (Wildman–Crippen LogP) is 1.56. The van der Waals surface area contributed by atoms with Gasteiger partial charge in [-0.2, -0.15) is 5.26 Å². The molecule has 0 saturated carbocycles. The van der Waals surface area contributed by atoms with Crippen molar-refractivity contribution in [2.45, 2.75) is 39.2 Å². The van der Waals surface area contributed by atoms with Gasteiger partial charge in [-0.15, -0.1) is 0 Å². The molecular formula is C11H20N2O2. The van der Waals surface area contributed by atoms with Crippen LogP contribution in [0.25, 0.3) is 0 Å². The summed E-state index contributed by atoms with van der Waals surface area (Å²) >= 11 is 0. The Kier molecular flexibility index (Phi) is 7.65. The van der Waals surface area contributed by atoms with E-state index in [2.05, 4.69) is 0 Å². The first-order valence-electron chi connectivity index (χ1n) is 5.34. The number of ether oxygens (including phenoxy) is 1. The van der Waals surface area contributed by atoms with Crippen molar-refractivity contribution >= 4 is 5.91 Å². The lowest BCUT2D eigenvalue weighted by Crippen LogP contribution is -2.28. The highest BCUT2D eigenvalue weighted by molar-refractivity contribution is 5.75. The minimum Gasteiger partial charge on any atom is -0.378 e. The van der Waals surface area contributed by atoms with Crippen LogP contribution < -0.4 is 0 Å². The second-order valence-corrected chi connectivity index (χ2v) is 3.56. The van der Waals surface area contributed by atoms with Crippen LogP contribution in [0.4, 0.5) is 0 Å². The average Bonchev–Trinajstić information content (AvgIpc) is 2.25. The van der Waals surface area contributed by atoms with Gasteiger partial charge >= 0.3 is 0 Å². The van der Waals surface area contributed by atoms with Crippen LogP contribution in [0.5, 0.6) is 0 Å². The van der Waals surface area contributed by atoms with Crippen molar-refractivity contribution in [2.24, 2.45) is 0 Å². The summed E-state index contributed by atoms with van der Waals surface area (Å²) in [7, 11) is 1.71. The van der Waals surface area contributed by atoms with Gasteiger partial charge in [-0.05, 0) is 13.3 Å². The number of nitriles is 1. The fourth-order valence-electron chi connectivity index (χ4n) is 0.999. The molecule has 0 saturated heterocycles. The lowest BCUT2D eigenvalue weighted by atomic mass is 10.3. The van der Waals surface area contributed by atoms with Gasteiger partial charge in [0.15, 0.2) is 0 Å². The quantitative estimate of drug-likeness (QED) is 0.643. The Labute approximate surface area is 91.8 Å². The maximum Gasteiger partial charge on any atom is 0.224 e. The maximum absolute atomic E-state index is 11.5. The number of carbonyl (C=O) groups is 1. The molecule has 1 unspecified atom stereocenters. The first kappa shape index (κ1) is 13.9. The minimum atomic E-state index is 0.0357. The first-order chi connectivity index (χ1) is 7.11. The van der Waals surface area contributed by atoms with Crippen molar-refractivity contribution in [2.75, 3.05) is 20.2 Å². The molecule has 86 valence electrons. The van der Waals surface area contributed by atoms with Crippen molar-refractivity contribution in [1.82, 2.24) is 4.90 Å². The SMILES string of the molecule is CCC(C)OCCC(=O)N(C)CCC#N. The monoisotopic (exact) mass is 212 g/mol. The van der Waals surface area contributed by atoms with Gasteiger partial charge in [0, 0.05) is 13.6 Å². The fourth-order valence-corrected chi connectivity index (χ4v) is 0.999. The van der Waals surface area contributed by atoms with Crippen LogP contribution >= 0.6 is 0 Å². The summed E-state index contributed by atoms with van der Waals surface area (Å²) in [6.45, 7) is 5.00. The Balaban J connectivity index is 3.60. The molecule has 0 fully saturated rings. The number of carbonyl (C=O) groups excluding carboxylic acids is 1. The summed E-state index contributed by atoms with van der Waals surface area (Å²) in [5.74, 6) is 0.0357. The number of hydrogen-bond donors (Lipinski definition) is 0. The minimum absolute atomic E-state index is 0.0357. The van der Waals surface area contributed by atoms with E-state index in [1.54, 1.807) is 11.9 Å². The van der Waals surface area contributed by atoms with Gasteiger partial charge in [0.1, 0.15) is 0 Å². The van der Waals surface area contributed by atoms with E-state index in [4.69, 9.17) is 10.00 Å². The lowest BCUT2D eigenvalue weighted by Gasteiger charge is -2.16. The van der Waals surface area contributed by atoms with Gasteiger partial charge in [-0.1, -0.05) is 6.92 Å². The van der Waals surface area contributed by atoms with Gasteiger partial charge in [0.2, 0.25) is 5.91 Å². The fraction of sp³-hybridized carbons (Fsp3) is 0.818. The normalized spacial score (nSPS) is 11.9. The third-order valence-electron chi connectivity index (χ3n) is 2.28. The highest BCUT2D eigenvalue weighted by Crippen LogP contribution is 1.99. The Morgan fingerprint density at radius 3 is 2.80 bits per heavy atom. The molecule has 1 atom stereocenters. The van der Waals surface area contributed by atoms with Crippen molar-refractivity contribution in [3.63, 3.8) is 0 Å². The number of hydrogen-bond acceptors (Lipinski definition) is 3. The largest absolute Gasteiger partial charge is 0.378 e. The van der Waals surface area contributed by atoms with E-state index in [0.29, 0.717) is 26.0 Å². The zero-order valence-electron chi connectivity index (χ0n) is 9.82. The van der Waals surface area contributed by atoms with Crippen LogP contribution in [0.2, 0.25) is 0 Å². The molecule has 0 spiro atoms. The van der Waals surface area contributed by atoms with E-state index in [1.165, 1.54) is 0 Å². The molecule has 0 aliphatic carbocycles. The molecule has 0 aromatic heterocycles. The van der Waals surface area contributed by atoms with Crippen molar-refractivity contribution in [3.05, 3.63) is 0 Å². The molecule has 4 nitrogen and oxygen atoms in total. The molecule has 4 heteroatoms. The highest BCUT2D eigenvalue weighted by atomic mass is 16.5. The standard InChI is InChI=1S/C11H20N2O2/c1-4-10(2)15-9-6-11(14)13(3)8-5-7-12/h10H,4-6,8-9H2,1-3H3. The Hall–Kier alpha value is -1.08. The van der Waals surface area contributed by atoms with E-state index in [1.807, 2.05) is 19.9 Å². The smallest absolute Gasteiger partial charge is 0.224 e. The van der Waals surface area contributed by atoms with Crippen LogP contribution in [0.1, 0.15) is 33.1 Å². The van der Waals surface area contributed by atoms with Gasteiger partial charge in [-0.3, -0.25) is 4.79 Å². The topological polar surface area (TPSA) is 53.3 Å². The Bertz CT molecular complexity index is 223. The molecule has 15 heavy (non-hydrogen) atoms. The lowest BCUT2D eigenvalue weighted by molar-refractivity contribution is -0.131. The maximum atomic E-state index is 11.5. The van der Waals surface area contributed by atoms with Crippen LogP contribution in [-0.4, -0.2) is 37.1 Å². The molecule has 0 aromatic rings. The summed E-state index contributed by atoms with van der Waals surface area (Å²) in [6.07, 6.45) is 1.95. The third-order valence-corrected chi connectivity index (χ3v) is 2.28. The van der Waals surface area contributed by atoms with E-state index in [0.717, 1.165) is 6.42 Å². The summed E-state index contributed by atoms with van der Waals surface area (Å²) in [5, 5.41) is 8.37. The molecule has 0 N–H and O–H groups in total. The summed E-state index contributed by atoms with van der Waals surface area (Å²) in [5.41, 5.74) is 0. The van der Waals surface area contributed by atoms with Gasteiger partial charge < -0.3 is 9.64 Å². The molecule has 0 aromatic carbocycles. The number of rotatable bonds is 7. The van der Waals surface area contributed by atoms with E-state index in [9.17, 15) is 4.79 Å². The van der Waals surface area contributed by atoms with Crippen LogP contribution in [0, 0.1) is 11.3 Å². The second kappa shape index (κ2) is 8.25. The van der Waals surface area contributed by atoms with Crippen molar-refractivity contribution in [3.8, 4) is 6.07 Å². The van der Waals surface area contributed by atoms with E-state index >= 15 is 0 Å². The molecule has 0 aliphatic heterocycles. The average molecular weight is 212 g/mol. The van der Waals surface area contributed by atoms with E-state index in [-0.39, 0.29) is 12.0 Å². The molecule has 0 bridgehead atoms. The summed E-state index contributed by atoms with van der Waals surface area (Å²) < 4.78 is 5.40. The summed E-state index contributed by atoms with van der Waals surface area (Å²) in [6, 6.07) is 2.01. The molecule has 1 amide bonds. The van der Waals surface area contributed by atoms with Crippen molar-refractivity contribution < 1.29 is 9.53 Å². The highest BCUT2D eigenvalue weighted by Gasteiger charge is 2.08. The molecule has 0 rings (SSSR count). The van der Waals surface area contributed by atoms with Crippen LogP contribution in [0.3, 0.4) is 0 Å².